The Morgan fingerprint density at radius 3 is 2.59 bits per heavy atom. The van der Waals surface area contributed by atoms with E-state index in [2.05, 4.69) is 23.6 Å². The van der Waals surface area contributed by atoms with Crippen molar-refractivity contribution in [1.29, 1.82) is 0 Å². The number of nitrogens with two attached hydrogens (primary N) is 1. The first kappa shape index (κ1) is 19.2. The van der Waals surface area contributed by atoms with Crippen molar-refractivity contribution in [3.8, 4) is 0 Å². The molecule has 0 unspecified atom stereocenters. The lowest BCUT2D eigenvalue weighted by Crippen LogP contribution is -2.11. The van der Waals surface area contributed by atoms with Crippen LogP contribution >= 0.6 is 0 Å². The van der Waals surface area contributed by atoms with Crippen LogP contribution in [0.25, 0.3) is 21.8 Å². The number of carbonyl (C=O) groups is 1. The van der Waals surface area contributed by atoms with E-state index in [1.807, 2.05) is 18.2 Å². The quantitative estimate of drug-likeness (QED) is 0.412. The SMILES string of the molecule is CCCCCc1c[c]c2c3c(C(N)=O)cccc3n(Cc3ccc(F)cc3)c2c1. The topological polar surface area (TPSA) is 48.0 Å². The molecule has 0 atom stereocenters. The highest BCUT2D eigenvalue weighted by atomic mass is 19.1. The zero-order chi connectivity index (χ0) is 20.4. The molecule has 3 nitrogen and oxygen atoms in total. The number of benzene rings is 3. The monoisotopic (exact) mass is 387 g/mol. The number of amides is 1. The fourth-order valence-corrected chi connectivity index (χ4v) is 3.97. The number of fused-ring (bicyclic) bond motifs is 3. The lowest BCUT2D eigenvalue weighted by Gasteiger charge is -2.09. The van der Waals surface area contributed by atoms with Crippen LogP contribution in [0.3, 0.4) is 0 Å². The van der Waals surface area contributed by atoms with Gasteiger partial charge in [-0.15, -0.1) is 0 Å². The van der Waals surface area contributed by atoms with E-state index in [0.29, 0.717) is 12.1 Å². The fraction of sp³-hybridized carbons (Fsp3) is 0.240. The Hall–Kier alpha value is -3.14. The molecule has 0 spiro atoms. The van der Waals surface area contributed by atoms with Crippen LogP contribution in [0, 0.1) is 11.9 Å². The number of aromatic nitrogens is 1. The maximum atomic E-state index is 13.4. The highest BCUT2D eigenvalue weighted by molar-refractivity contribution is 6.17. The molecular weight excluding hydrogens is 363 g/mol. The van der Waals surface area contributed by atoms with E-state index in [4.69, 9.17) is 5.73 Å². The van der Waals surface area contributed by atoms with Crippen LogP contribution in [0.5, 0.6) is 0 Å². The Bertz CT molecular complexity index is 1180. The molecular formula is C25H24FN2O. The molecule has 29 heavy (non-hydrogen) atoms. The number of hydrogen-bond acceptors (Lipinski definition) is 1. The molecule has 4 aromatic rings. The second kappa shape index (κ2) is 8.08. The molecule has 4 rings (SSSR count). The number of rotatable bonds is 7. The summed E-state index contributed by atoms with van der Waals surface area (Å²) in [5.74, 6) is -0.699. The summed E-state index contributed by atoms with van der Waals surface area (Å²) < 4.78 is 15.5. The molecule has 0 aliphatic rings. The van der Waals surface area contributed by atoms with Crippen LogP contribution in [0.2, 0.25) is 0 Å². The number of aryl methyl sites for hydroxylation is 1. The van der Waals surface area contributed by atoms with E-state index in [9.17, 15) is 9.18 Å². The van der Waals surface area contributed by atoms with E-state index < -0.39 is 5.91 Å². The maximum absolute atomic E-state index is 13.4. The summed E-state index contributed by atoms with van der Waals surface area (Å²) in [5, 5.41) is 1.73. The third kappa shape index (κ3) is 3.75. The Balaban J connectivity index is 1.91. The molecule has 1 heterocycles. The van der Waals surface area contributed by atoms with Gasteiger partial charge in [0.1, 0.15) is 5.82 Å². The summed E-state index contributed by atoms with van der Waals surface area (Å²) in [6, 6.07) is 19.8. The van der Waals surface area contributed by atoms with E-state index in [1.165, 1.54) is 30.5 Å². The molecule has 1 aromatic heterocycles. The number of primary amides is 1. The van der Waals surface area contributed by atoms with Gasteiger partial charge in [-0.1, -0.05) is 44.0 Å². The molecule has 147 valence electrons. The van der Waals surface area contributed by atoms with Crippen LogP contribution < -0.4 is 5.73 Å². The summed E-state index contributed by atoms with van der Waals surface area (Å²) in [6.45, 7) is 2.77. The Kier molecular flexibility index (Phi) is 5.34. The minimum absolute atomic E-state index is 0.251. The van der Waals surface area contributed by atoms with Gasteiger partial charge in [-0.2, -0.15) is 0 Å². The molecule has 4 heteroatoms. The molecule has 0 fully saturated rings. The van der Waals surface area contributed by atoms with Crippen molar-refractivity contribution >= 4 is 27.7 Å². The molecule has 0 aliphatic carbocycles. The van der Waals surface area contributed by atoms with Gasteiger partial charge >= 0.3 is 0 Å². The predicted molar refractivity (Wildman–Crippen MR) is 116 cm³/mol. The highest BCUT2D eigenvalue weighted by Crippen LogP contribution is 2.33. The Morgan fingerprint density at radius 1 is 1.07 bits per heavy atom. The zero-order valence-corrected chi connectivity index (χ0v) is 16.5. The van der Waals surface area contributed by atoms with Gasteiger partial charge in [0.25, 0.3) is 0 Å². The second-order valence-corrected chi connectivity index (χ2v) is 7.50. The third-order valence-electron chi connectivity index (χ3n) is 5.44. The van der Waals surface area contributed by atoms with Gasteiger partial charge in [-0.05, 0) is 60.4 Å². The molecule has 0 aliphatic heterocycles. The number of nitrogens with zero attached hydrogens (tertiary/aromatic N) is 1. The number of halogens is 1. The van der Waals surface area contributed by atoms with Crippen molar-refractivity contribution in [3.63, 3.8) is 0 Å². The van der Waals surface area contributed by atoms with Crippen LogP contribution in [0.4, 0.5) is 4.39 Å². The molecule has 1 amide bonds. The van der Waals surface area contributed by atoms with Crippen molar-refractivity contribution < 1.29 is 9.18 Å². The van der Waals surface area contributed by atoms with Gasteiger partial charge < -0.3 is 10.3 Å². The second-order valence-electron chi connectivity index (χ2n) is 7.50. The summed E-state index contributed by atoms with van der Waals surface area (Å²) in [7, 11) is 0. The maximum Gasteiger partial charge on any atom is 0.249 e. The summed E-state index contributed by atoms with van der Waals surface area (Å²) in [5.41, 5.74) is 10.3. The normalized spacial score (nSPS) is 11.4. The average Bonchev–Trinajstić information content (AvgIpc) is 3.03. The van der Waals surface area contributed by atoms with Crippen LogP contribution in [-0.2, 0) is 13.0 Å². The van der Waals surface area contributed by atoms with Crippen molar-refractivity contribution in [3.05, 3.63) is 83.2 Å². The first-order valence-electron chi connectivity index (χ1n) is 10.1. The number of unbranched alkanes of at least 4 members (excludes halogenated alkanes) is 2. The number of hydrogen-bond donors (Lipinski definition) is 1. The van der Waals surface area contributed by atoms with Gasteiger partial charge in [0.15, 0.2) is 0 Å². The van der Waals surface area contributed by atoms with E-state index in [0.717, 1.165) is 40.2 Å². The van der Waals surface area contributed by atoms with Gasteiger partial charge in [0.05, 0.1) is 11.0 Å². The first-order valence-corrected chi connectivity index (χ1v) is 10.1. The van der Waals surface area contributed by atoms with Crippen LogP contribution in [0.1, 0.15) is 47.7 Å². The number of carbonyl (C=O) groups excluding carboxylic acids is 1. The first-order chi connectivity index (χ1) is 14.1. The van der Waals surface area contributed by atoms with E-state index >= 15 is 0 Å². The van der Waals surface area contributed by atoms with Gasteiger partial charge in [0.2, 0.25) is 5.91 Å². The summed E-state index contributed by atoms with van der Waals surface area (Å²) >= 11 is 0. The van der Waals surface area contributed by atoms with Crippen molar-refractivity contribution in [2.24, 2.45) is 5.73 Å². The smallest absolute Gasteiger partial charge is 0.249 e. The average molecular weight is 387 g/mol. The lowest BCUT2D eigenvalue weighted by molar-refractivity contribution is 0.100. The largest absolute Gasteiger partial charge is 0.366 e. The standard InChI is InChI=1S/C25H24FN2O/c1-2-3-4-6-17-11-14-20-23(15-17)28(16-18-9-12-19(26)13-10-18)22-8-5-7-21(24(20)22)25(27)29/h5,7-13,15H,2-4,6,16H2,1H3,(H2,27,29). The highest BCUT2D eigenvalue weighted by Gasteiger charge is 2.17. The van der Waals surface area contributed by atoms with Gasteiger partial charge in [0, 0.05) is 22.9 Å². The lowest BCUT2D eigenvalue weighted by atomic mass is 10.0. The minimum atomic E-state index is -0.447. The van der Waals surface area contributed by atoms with Crippen LogP contribution in [0.15, 0.2) is 54.6 Å². The van der Waals surface area contributed by atoms with Crippen molar-refractivity contribution in [2.45, 2.75) is 39.2 Å². The van der Waals surface area contributed by atoms with Gasteiger partial charge in [-0.3, -0.25) is 4.79 Å². The predicted octanol–water partition coefficient (Wildman–Crippen LogP) is 5.61. The zero-order valence-electron chi connectivity index (χ0n) is 16.5. The molecule has 1 radical (unpaired) electrons. The Morgan fingerprint density at radius 2 is 1.86 bits per heavy atom. The van der Waals surface area contributed by atoms with E-state index in [1.54, 1.807) is 18.2 Å². The molecule has 0 saturated carbocycles. The molecule has 0 saturated heterocycles. The Labute approximate surface area is 169 Å². The van der Waals surface area contributed by atoms with Crippen molar-refractivity contribution in [2.75, 3.05) is 0 Å². The van der Waals surface area contributed by atoms with E-state index in [-0.39, 0.29) is 5.82 Å². The third-order valence-corrected chi connectivity index (χ3v) is 5.44. The molecule has 3 aromatic carbocycles. The summed E-state index contributed by atoms with van der Waals surface area (Å²) in [6.07, 6.45) is 4.52. The van der Waals surface area contributed by atoms with Gasteiger partial charge in [-0.25, -0.2) is 4.39 Å². The van der Waals surface area contributed by atoms with Crippen LogP contribution in [-0.4, -0.2) is 10.5 Å². The minimum Gasteiger partial charge on any atom is -0.366 e. The fourth-order valence-electron chi connectivity index (χ4n) is 3.97. The van der Waals surface area contributed by atoms with Crippen molar-refractivity contribution in [1.82, 2.24) is 4.57 Å². The summed E-state index contributed by atoms with van der Waals surface area (Å²) in [4.78, 5) is 12.1. The molecule has 2 N–H and O–H groups in total. The molecule has 0 bridgehead atoms.